The van der Waals surface area contributed by atoms with Crippen molar-refractivity contribution >= 4 is 33.5 Å². The summed E-state index contributed by atoms with van der Waals surface area (Å²) in [5.74, 6) is 0.0214. The third-order valence-corrected chi connectivity index (χ3v) is 3.99. The van der Waals surface area contributed by atoms with Crippen LogP contribution in [0.4, 0.5) is 5.82 Å². The van der Waals surface area contributed by atoms with Gasteiger partial charge in [0.25, 0.3) is 0 Å². The first-order valence-electron chi connectivity index (χ1n) is 8.23. The van der Waals surface area contributed by atoms with E-state index in [1.54, 1.807) is 6.07 Å². The quantitative estimate of drug-likeness (QED) is 0.437. The van der Waals surface area contributed by atoms with Crippen LogP contribution in [0, 0.1) is 0 Å². The van der Waals surface area contributed by atoms with E-state index in [9.17, 15) is 9.59 Å². The van der Waals surface area contributed by atoms with E-state index in [1.165, 1.54) is 6.92 Å². The maximum atomic E-state index is 12.4. The van der Waals surface area contributed by atoms with Gasteiger partial charge in [-0.2, -0.15) is 0 Å². The van der Waals surface area contributed by atoms with Crippen LogP contribution in [-0.2, 0) is 11.2 Å². The van der Waals surface area contributed by atoms with E-state index in [4.69, 9.17) is 4.42 Å². The second kappa shape index (κ2) is 6.83. The number of rotatable bonds is 5. The number of hydrogen-bond donors (Lipinski definition) is 1. The third kappa shape index (κ3) is 3.15. The molecule has 0 aliphatic rings. The van der Waals surface area contributed by atoms with Crippen molar-refractivity contribution in [3.63, 3.8) is 0 Å². The van der Waals surface area contributed by atoms with Gasteiger partial charge in [-0.25, -0.2) is 9.78 Å². The Morgan fingerprint density at radius 2 is 2.00 bits per heavy atom. The molecule has 5 nitrogen and oxygen atoms in total. The van der Waals surface area contributed by atoms with Crippen molar-refractivity contribution in [1.82, 2.24) is 4.98 Å². The van der Waals surface area contributed by atoms with Gasteiger partial charge in [-0.1, -0.05) is 38.0 Å². The maximum Gasteiger partial charge on any atom is 0.347 e. The van der Waals surface area contributed by atoms with Crippen LogP contribution in [0.25, 0.3) is 21.7 Å². The molecule has 0 atom stereocenters. The van der Waals surface area contributed by atoms with Crippen molar-refractivity contribution in [1.29, 1.82) is 0 Å². The molecule has 1 amide bonds. The number of pyridine rings is 1. The van der Waals surface area contributed by atoms with Crippen molar-refractivity contribution < 1.29 is 9.21 Å². The number of carbonyl (C=O) groups is 1. The van der Waals surface area contributed by atoms with Gasteiger partial charge >= 0.3 is 5.63 Å². The Morgan fingerprint density at radius 1 is 1.21 bits per heavy atom. The van der Waals surface area contributed by atoms with Crippen LogP contribution in [0.5, 0.6) is 0 Å². The molecule has 3 rings (SSSR count). The first-order valence-corrected chi connectivity index (χ1v) is 8.23. The molecular formula is C19H20N2O3. The molecule has 0 radical (unpaired) electrons. The largest absolute Gasteiger partial charge is 0.422 e. The molecule has 5 heteroatoms. The van der Waals surface area contributed by atoms with Gasteiger partial charge in [0.15, 0.2) is 0 Å². The summed E-state index contributed by atoms with van der Waals surface area (Å²) in [5.41, 5.74) is 0.921. The van der Waals surface area contributed by atoms with E-state index >= 15 is 0 Å². The number of hydrogen-bond acceptors (Lipinski definition) is 4. The predicted octanol–water partition coefficient (Wildman–Crippen LogP) is 4.03. The van der Waals surface area contributed by atoms with Gasteiger partial charge in [-0.15, -0.1) is 0 Å². The fourth-order valence-electron chi connectivity index (χ4n) is 2.89. The van der Waals surface area contributed by atoms with Crippen LogP contribution in [-0.4, -0.2) is 10.9 Å². The molecule has 0 saturated carbocycles. The Morgan fingerprint density at radius 3 is 2.75 bits per heavy atom. The van der Waals surface area contributed by atoms with Gasteiger partial charge in [0, 0.05) is 23.4 Å². The molecule has 0 unspecified atom stereocenters. The van der Waals surface area contributed by atoms with Gasteiger partial charge in [0.05, 0.1) is 0 Å². The molecule has 0 fully saturated rings. The second-order valence-corrected chi connectivity index (χ2v) is 5.91. The number of aryl methyl sites for hydroxylation is 1. The highest BCUT2D eigenvalue weighted by molar-refractivity contribution is 6.09. The monoisotopic (exact) mass is 324 g/mol. The highest BCUT2D eigenvalue weighted by Gasteiger charge is 2.15. The Hall–Kier alpha value is -2.69. The number of para-hydroxylation sites is 1. The summed E-state index contributed by atoms with van der Waals surface area (Å²) in [7, 11) is 0. The summed E-state index contributed by atoms with van der Waals surface area (Å²) >= 11 is 0. The topological polar surface area (TPSA) is 72.2 Å². The molecule has 2 aromatic heterocycles. The molecule has 124 valence electrons. The van der Waals surface area contributed by atoms with Crippen LogP contribution in [0.15, 0.2) is 39.5 Å². The van der Waals surface area contributed by atoms with Crippen LogP contribution >= 0.6 is 0 Å². The van der Waals surface area contributed by atoms with E-state index in [2.05, 4.69) is 17.2 Å². The minimum absolute atomic E-state index is 0.262. The van der Waals surface area contributed by atoms with Crippen LogP contribution in [0.1, 0.15) is 38.8 Å². The van der Waals surface area contributed by atoms with Crippen molar-refractivity contribution in [2.45, 2.75) is 39.5 Å². The van der Waals surface area contributed by atoms with E-state index in [0.29, 0.717) is 11.0 Å². The SMILES string of the molecule is CCCCCc1cc2c(c(NC(C)=O)n1)c(=O)oc1ccccc12. The molecule has 2 heterocycles. The highest BCUT2D eigenvalue weighted by atomic mass is 16.4. The van der Waals surface area contributed by atoms with Crippen molar-refractivity contribution in [3.05, 3.63) is 46.4 Å². The van der Waals surface area contributed by atoms with Gasteiger partial charge in [-0.3, -0.25) is 4.79 Å². The summed E-state index contributed by atoms with van der Waals surface area (Å²) in [6, 6.07) is 9.35. The second-order valence-electron chi connectivity index (χ2n) is 5.91. The average molecular weight is 324 g/mol. The first kappa shape index (κ1) is 16.2. The van der Waals surface area contributed by atoms with Gasteiger partial charge in [0.2, 0.25) is 5.91 Å². The lowest BCUT2D eigenvalue weighted by Gasteiger charge is -2.10. The standard InChI is InChI=1S/C19H20N2O3/c1-3-4-5-8-13-11-15-14-9-6-7-10-16(14)24-19(23)17(15)18(21-13)20-12(2)22/h6-7,9-11H,3-5,8H2,1-2H3,(H,20,21,22). The number of unbranched alkanes of at least 4 members (excludes halogenated alkanes) is 2. The van der Waals surface area contributed by atoms with E-state index in [1.807, 2.05) is 24.3 Å². The molecule has 3 aromatic rings. The van der Waals surface area contributed by atoms with E-state index < -0.39 is 5.63 Å². The number of carbonyl (C=O) groups excluding carboxylic acids is 1. The molecule has 1 aromatic carbocycles. The molecule has 0 aliphatic heterocycles. The lowest BCUT2D eigenvalue weighted by molar-refractivity contribution is -0.114. The zero-order chi connectivity index (χ0) is 17.1. The number of aromatic nitrogens is 1. The van der Waals surface area contributed by atoms with E-state index in [0.717, 1.165) is 42.1 Å². The van der Waals surface area contributed by atoms with Gasteiger partial charge in [-0.05, 0) is 25.0 Å². The fourth-order valence-corrected chi connectivity index (χ4v) is 2.89. The van der Waals surface area contributed by atoms with E-state index in [-0.39, 0.29) is 11.7 Å². The highest BCUT2D eigenvalue weighted by Crippen LogP contribution is 2.27. The summed E-state index contributed by atoms with van der Waals surface area (Å²) in [5, 5.41) is 4.61. The van der Waals surface area contributed by atoms with Gasteiger partial charge < -0.3 is 9.73 Å². The van der Waals surface area contributed by atoms with Crippen molar-refractivity contribution in [3.8, 4) is 0 Å². The third-order valence-electron chi connectivity index (χ3n) is 3.99. The number of amides is 1. The Kier molecular flexibility index (Phi) is 4.60. The van der Waals surface area contributed by atoms with Gasteiger partial charge in [0.1, 0.15) is 16.8 Å². The predicted molar refractivity (Wildman–Crippen MR) is 95.3 cm³/mol. The normalized spacial score (nSPS) is 11.1. The Balaban J connectivity index is 2.27. The molecule has 0 saturated heterocycles. The number of nitrogens with zero attached hydrogens (tertiary/aromatic N) is 1. The molecule has 24 heavy (non-hydrogen) atoms. The Bertz CT molecular complexity index is 960. The number of anilines is 1. The van der Waals surface area contributed by atoms with Crippen LogP contribution in [0.3, 0.4) is 0 Å². The zero-order valence-electron chi connectivity index (χ0n) is 13.9. The summed E-state index contributed by atoms with van der Waals surface area (Å²) in [6.07, 6.45) is 4.07. The smallest absolute Gasteiger partial charge is 0.347 e. The minimum atomic E-state index is -0.486. The molecule has 1 N–H and O–H groups in total. The maximum absolute atomic E-state index is 12.4. The number of fused-ring (bicyclic) bond motifs is 3. The summed E-state index contributed by atoms with van der Waals surface area (Å²) in [6.45, 7) is 3.55. The lowest BCUT2D eigenvalue weighted by Crippen LogP contribution is -2.13. The van der Waals surface area contributed by atoms with Crippen molar-refractivity contribution in [2.75, 3.05) is 5.32 Å². The molecular weight excluding hydrogens is 304 g/mol. The molecule has 0 spiro atoms. The summed E-state index contributed by atoms with van der Waals surface area (Å²) in [4.78, 5) is 28.4. The number of nitrogens with one attached hydrogen (secondary N) is 1. The molecule has 0 bridgehead atoms. The number of benzene rings is 1. The minimum Gasteiger partial charge on any atom is -0.422 e. The zero-order valence-corrected chi connectivity index (χ0v) is 13.9. The molecule has 0 aliphatic carbocycles. The van der Waals surface area contributed by atoms with Crippen molar-refractivity contribution in [2.24, 2.45) is 0 Å². The fraction of sp³-hybridized carbons (Fsp3) is 0.316. The van der Waals surface area contributed by atoms with Crippen LogP contribution in [0.2, 0.25) is 0 Å². The summed E-state index contributed by atoms with van der Waals surface area (Å²) < 4.78 is 5.39. The first-order chi connectivity index (χ1) is 11.6. The average Bonchev–Trinajstić information content (AvgIpc) is 2.54. The lowest BCUT2D eigenvalue weighted by atomic mass is 10.1. The Labute approximate surface area is 139 Å². The van der Waals surface area contributed by atoms with Crippen LogP contribution < -0.4 is 10.9 Å².